The van der Waals surface area contributed by atoms with Crippen LogP contribution >= 0.6 is 0 Å². The molecule has 0 heterocycles. The van der Waals surface area contributed by atoms with E-state index in [1.165, 1.54) is 19.3 Å². The highest BCUT2D eigenvalue weighted by Crippen LogP contribution is 2.22. The van der Waals surface area contributed by atoms with Gasteiger partial charge in [-0.25, -0.2) is 0 Å². The van der Waals surface area contributed by atoms with Crippen molar-refractivity contribution in [3.05, 3.63) is 60.2 Å². The normalized spacial score (nSPS) is 11.9. The Labute approximate surface area is 148 Å². The van der Waals surface area contributed by atoms with Gasteiger partial charge in [0.1, 0.15) is 11.2 Å². The van der Waals surface area contributed by atoms with E-state index in [0.29, 0.717) is 5.56 Å². The third-order valence-electron chi connectivity index (χ3n) is 4.04. The summed E-state index contributed by atoms with van der Waals surface area (Å²) in [5.41, 5.74) is 0.702. The van der Waals surface area contributed by atoms with Gasteiger partial charge in [0.2, 0.25) is 0 Å². The fraction of sp³-hybridized carbons (Fsp3) is 0.381. The van der Waals surface area contributed by atoms with Crippen molar-refractivity contribution in [3.8, 4) is 5.75 Å². The summed E-state index contributed by atoms with van der Waals surface area (Å²) >= 11 is 0. The van der Waals surface area contributed by atoms with E-state index in [2.05, 4.69) is 13.8 Å². The van der Waals surface area contributed by atoms with Crippen LogP contribution in [-0.2, 0) is 0 Å². The number of carbonyl (C=O) groups excluding carboxylic acids is 1. The smallest absolute Gasteiger partial charge is 0.179 e. The van der Waals surface area contributed by atoms with Gasteiger partial charge in [-0.3, -0.25) is 0 Å². The van der Waals surface area contributed by atoms with Crippen LogP contribution in [0.1, 0.15) is 56.3 Å². The maximum atomic E-state index is 12.7. The molecule has 0 amide bonds. The Morgan fingerprint density at radius 1 is 1.00 bits per heavy atom. The van der Waals surface area contributed by atoms with Crippen LogP contribution in [0.5, 0.6) is 5.75 Å². The van der Waals surface area contributed by atoms with E-state index in [4.69, 9.17) is 4.74 Å². The Balaban J connectivity index is 2.07. The predicted molar refractivity (Wildman–Crippen MR) is 101 cm³/mol. The quantitative estimate of drug-likeness (QED) is 0.468. The topological polar surface area (TPSA) is 26.3 Å². The van der Waals surface area contributed by atoms with Crippen molar-refractivity contribution in [1.29, 1.82) is 0 Å². The predicted octanol–water partition coefficient (Wildman–Crippen LogP) is 4.59. The van der Waals surface area contributed by atoms with Crippen LogP contribution in [0.2, 0.25) is 0 Å². The van der Waals surface area contributed by atoms with E-state index in [0.717, 1.165) is 23.8 Å². The Bertz CT molecular complexity index is 625. The number of para-hydroxylation sites is 1. The van der Waals surface area contributed by atoms with Crippen LogP contribution in [-0.4, -0.2) is 21.0 Å². The van der Waals surface area contributed by atoms with Crippen LogP contribution in [0.25, 0.3) is 0 Å². The molecular weight excluding hydrogens is 312 g/mol. The Morgan fingerprint density at radius 3 is 2.42 bits per heavy atom. The van der Waals surface area contributed by atoms with E-state index in [1.54, 1.807) is 0 Å². The zero-order chi connectivity index (χ0) is 17.2. The van der Waals surface area contributed by atoms with Gasteiger partial charge in [-0.2, -0.15) is 0 Å². The zero-order valence-electron chi connectivity index (χ0n) is 14.6. The SMILES string of the molecule is CCCCCC(CC)Oc1ccccc1C(=O)[Si]c1ccccc1. The number of hydrogen-bond donors (Lipinski definition) is 0. The molecule has 0 saturated heterocycles. The minimum Gasteiger partial charge on any atom is -0.490 e. The molecule has 2 rings (SSSR count). The number of unbranched alkanes of at least 4 members (excludes halogenated alkanes) is 2. The largest absolute Gasteiger partial charge is 0.490 e. The lowest BCUT2D eigenvalue weighted by molar-refractivity contribution is 0.106. The van der Waals surface area contributed by atoms with E-state index < -0.39 is 0 Å². The summed E-state index contributed by atoms with van der Waals surface area (Å²) in [5, 5.41) is 1.20. The molecule has 0 aliphatic carbocycles. The first kappa shape index (κ1) is 18.5. The number of rotatable bonds is 10. The van der Waals surface area contributed by atoms with Crippen LogP contribution in [0.15, 0.2) is 54.6 Å². The molecule has 0 aliphatic heterocycles. The fourth-order valence-corrected chi connectivity index (χ4v) is 3.59. The molecule has 0 aromatic heterocycles. The first-order chi connectivity index (χ1) is 11.7. The highest BCUT2D eigenvalue weighted by atomic mass is 28.2. The maximum Gasteiger partial charge on any atom is 0.179 e. The minimum atomic E-state index is 0.131. The summed E-state index contributed by atoms with van der Waals surface area (Å²) in [4.78, 5) is 12.7. The molecule has 2 aromatic rings. The average molecular weight is 339 g/mol. The summed E-state index contributed by atoms with van der Waals surface area (Å²) in [7, 11) is 0.131. The molecule has 126 valence electrons. The molecule has 1 unspecified atom stereocenters. The Morgan fingerprint density at radius 2 is 1.71 bits per heavy atom. The second-order valence-electron chi connectivity index (χ2n) is 5.96. The van der Waals surface area contributed by atoms with Crippen molar-refractivity contribution < 1.29 is 9.53 Å². The lowest BCUT2D eigenvalue weighted by Crippen LogP contribution is -2.25. The summed E-state index contributed by atoms with van der Waals surface area (Å²) in [6, 6.07) is 17.6. The number of hydrogen-bond acceptors (Lipinski definition) is 2. The third-order valence-corrected chi connectivity index (χ3v) is 5.16. The average Bonchev–Trinajstić information content (AvgIpc) is 2.62. The van der Waals surface area contributed by atoms with Crippen molar-refractivity contribution in [2.75, 3.05) is 0 Å². The van der Waals surface area contributed by atoms with E-state index >= 15 is 0 Å². The van der Waals surface area contributed by atoms with Gasteiger partial charge < -0.3 is 9.53 Å². The van der Waals surface area contributed by atoms with Crippen molar-refractivity contribution in [3.63, 3.8) is 0 Å². The van der Waals surface area contributed by atoms with Crippen molar-refractivity contribution in [2.24, 2.45) is 0 Å². The molecule has 2 aromatic carbocycles. The van der Waals surface area contributed by atoms with Gasteiger partial charge >= 0.3 is 0 Å². The second-order valence-corrected chi connectivity index (χ2v) is 7.24. The van der Waals surface area contributed by atoms with Crippen LogP contribution in [0.4, 0.5) is 0 Å². The van der Waals surface area contributed by atoms with Gasteiger partial charge in [-0.05, 0) is 31.4 Å². The van der Waals surface area contributed by atoms with Gasteiger partial charge in [0.25, 0.3) is 0 Å². The molecule has 2 radical (unpaired) electrons. The number of carbonyl (C=O) groups is 1. The summed E-state index contributed by atoms with van der Waals surface area (Å²) in [5.74, 6) is 0.731. The Kier molecular flexibility index (Phi) is 7.76. The van der Waals surface area contributed by atoms with Crippen molar-refractivity contribution in [2.45, 2.75) is 52.1 Å². The van der Waals surface area contributed by atoms with Gasteiger partial charge in [0.05, 0.1) is 11.7 Å². The van der Waals surface area contributed by atoms with E-state index in [1.807, 2.05) is 54.6 Å². The summed E-state index contributed by atoms with van der Waals surface area (Å²) in [6.07, 6.45) is 5.82. The van der Waals surface area contributed by atoms with Crippen LogP contribution in [0, 0.1) is 0 Å². The second kappa shape index (κ2) is 10.1. The minimum absolute atomic E-state index is 0.131. The molecule has 24 heavy (non-hydrogen) atoms. The lowest BCUT2D eigenvalue weighted by atomic mass is 10.1. The molecule has 0 spiro atoms. The molecule has 0 bridgehead atoms. The van der Waals surface area contributed by atoms with E-state index in [9.17, 15) is 4.79 Å². The summed E-state index contributed by atoms with van der Waals surface area (Å²) in [6.45, 7) is 4.35. The maximum absolute atomic E-state index is 12.7. The van der Waals surface area contributed by atoms with Crippen molar-refractivity contribution >= 4 is 20.1 Å². The highest BCUT2D eigenvalue weighted by molar-refractivity contribution is 6.87. The number of ether oxygens (including phenoxy) is 1. The van der Waals surface area contributed by atoms with Crippen LogP contribution in [0.3, 0.4) is 0 Å². The number of benzene rings is 2. The highest BCUT2D eigenvalue weighted by Gasteiger charge is 2.16. The molecule has 3 heteroatoms. The van der Waals surface area contributed by atoms with Gasteiger partial charge in [-0.15, -0.1) is 0 Å². The summed E-state index contributed by atoms with van der Waals surface area (Å²) < 4.78 is 6.18. The molecule has 1 atom stereocenters. The van der Waals surface area contributed by atoms with Gasteiger partial charge in [0, 0.05) is 0 Å². The zero-order valence-corrected chi connectivity index (χ0v) is 15.6. The molecule has 0 fully saturated rings. The molecule has 0 aliphatic rings. The molecule has 0 N–H and O–H groups in total. The van der Waals surface area contributed by atoms with Gasteiger partial charge in [0.15, 0.2) is 9.52 Å². The molecule has 2 nitrogen and oxygen atoms in total. The van der Waals surface area contributed by atoms with Gasteiger partial charge in [-0.1, -0.05) is 74.3 Å². The molecule has 0 saturated carbocycles. The standard InChI is InChI=1S/C21H26O2Si/c1-3-5-7-12-17(4-2)23-20-16-11-10-15-19(20)21(22)24-18-13-8-6-9-14-18/h6,8-11,13-17H,3-5,7,12H2,1-2H3. The third kappa shape index (κ3) is 5.64. The van der Waals surface area contributed by atoms with Crippen molar-refractivity contribution in [1.82, 2.24) is 0 Å². The monoisotopic (exact) mass is 338 g/mol. The lowest BCUT2D eigenvalue weighted by Gasteiger charge is -2.19. The first-order valence-electron chi connectivity index (χ1n) is 8.86. The van der Waals surface area contributed by atoms with E-state index in [-0.39, 0.29) is 21.0 Å². The first-order valence-corrected chi connectivity index (χ1v) is 9.86. The molecular formula is C21H26O2Si. The fourth-order valence-electron chi connectivity index (χ4n) is 2.62. The Hall–Kier alpha value is -1.87. The van der Waals surface area contributed by atoms with Crippen LogP contribution < -0.4 is 9.92 Å².